The average Bonchev–Trinajstić information content (AvgIpc) is 2.31. The van der Waals surface area contributed by atoms with Crippen LogP contribution in [0.25, 0.3) is 0 Å². The first-order chi connectivity index (χ1) is 9.74. The summed E-state index contributed by atoms with van der Waals surface area (Å²) >= 11 is 0. The maximum Gasteiger partial charge on any atom is 0.211 e. The Morgan fingerprint density at radius 1 is 1.23 bits per heavy atom. The Balaban J connectivity index is 3.00. The monoisotopic (exact) mass is 334 g/mol. The number of sulfonamides is 1. The molecule has 0 aromatic rings. The molecule has 1 fully saturated rings. The highest BCUT2D eigenvalue weighted by molar-refractivity contribution is 7.88. The lowest BCUT2D eigenvalue weighted by Gasteiger charge is -2.47. The summed E-state index contributed by atoms with van der Waals surface area (Å²) in [4.78, 5) is 2.41. The molecular weight excluding hydrogens is 300 g/mol. The Kier molecular flexibility index (Phi) is 6.10. The zero-order valence-corrected chi connectivity index (χ0v) is 16.3. The molecule has 1 aliphatic rings. The highest BCUT2D eigenvalue weighted by atomic mass is 32.2. The summed E-state index contributed by atoms with van der Waals surface area (Å²) in [7, 11) is -3.26. The Labute approximate surface area is 137 Å². The summed E-state index contributed by atoms with van der Waals surface area (Å²) in [5.41, 5.74) is -0.283. The van der Waals surface area contributed by atoms with Crippen LogP contribution in [0.3, 0.4) is 0 Å². The summed E-state index contributed by atoms with van der Waals surface area (Å²) in [6.45, 7) is 17.3. The van der Waals surface area contributed by atoms with Crippen LogP contribution in [-0.2, 0) is 14.8 Å². The molecule has 132 valence electrons. The van der Waals surface area contributed by atoms with E-state index in [1.807, 2.05) is 20.8 Å². The molecule has 0 aromatic carbocycles. The Hall–Kier alpha value is -0.170. The van der Waals surface area contributed by atoms with E-state index in [9.17, 15) is 8.42 Å². The fourth-order valence-electron chi connectivity index (χ4n) is 2.93. The minimum atomic E-state index is -3.26. The predicted octanol–water partition coefficient (Wildman–Crippen LogP) is 2.18. The largest absolute Gasteiger partial charge is 0.378 e. The molecule has 1 aliphatic heterocycles. The smallest absolute Gasteiger partial charge is 0.211 e. The first-order valence-electron chi connectivity index (χ1n) is 8.06. The average molecular weight is 335 g/mol. The predicted molar refractivity (Wildman–Crippen MR) is 91.5 cm³/mol. The van der Waals surface area contributed by atoms with Gasteiger partial charge in [-0.2, -0.15) is 4.31 Å². The van der Waals surface area contributed by atoms with Crippen LogP contribution in [0.5, 0.6) is 0 Å². The number of hydrogen-bond acceptors (Lipinski definition) is 4. The summed E-state index contributed by atoms with van der Waals surface area (Å²) in [6, 6.07) is 0.458. The zero-order valence-electron chi connectivity index (χ0n) is 15.5. The summed E-state index contributed by atoms with van der Waals surface area (Å²) in [5, 5.41) is 0. The molecule has 2 unspecified atom stereocenters. The lowest BCUT2D eigenvalue weighted by atomic mass is 9.86. The van der Waals surface area contributed by atoms with E-state index in [2.05, 4.69) is 32.6 Å². The van der Waals surface area contributed by atoms with Crippen LogP contribution < -0.4 is 0 Å². The summed E-state index contributed by atoms with van der Waals surface area (Å²) in [5.74, 6) is 0. The van der Waals surface area contributed by atoms with Crippen molar-refractivity contribution in [2.24, 2.45) is 5.41 Å². The topological polar surface area (TPSA) is 49.9 Å². The third-order valence-electron chi connectivity index (χ3n) is 4.55. The molecule has 0 N–H and O–H groups in total. The van der Waals surface area contributed by atoms with E-state index in [0.29, 0.717) is 25.8 Å². The van der Waals surface area contributed by atoms with E-state index in [1.165, 1.54) is 6.26 Å². The van der Waals surface area contributed by atoms with Crippen LogP contribution in [0.4, 0.5) is 0 Å². The normalized spacial score (nSPS) is 23.8. The second-order valence-corrected chi connectivity index (χ2v) is 10.4. The highest BCUT2D eigenvalue weighted by Crippen LogP contribution is 2.28. The van der Waals surface area contributed by atoms with E-state index in [4.69, 9.17) is 4.74 Å². The number of nitrogens with zero attached hydrogens (tertiary/aromatic N) is 2. The molecule has 1 saturated heterocycles. The van der Waals surface area contributed by atoms with Crippen LogP contribution in [0.1, 0.15) is 48.5 Å². The maximum atomic E-state index is 12.2. The molecule has 0 aromatic heterocycles. The van der Waals surface area contributed by atoms with Crippen molar-refractivity contribution in [1.29, 1.82) is 0 Å². The SMILES string of the molecule is CC(N1CCOCC1CN(C(C)(C)C)S(C)(=O)=O)C(C)(C)C. The molecule has 0 saturated carbocycles. The van der Waals surface area contributed by atoms with Gasteiger partial charge in [-0.05, 0) is 33.1 Å². The van der Waals surface area contributed by atoms with Crippen molar-refractivity contribution < 1.29 is 13.2 Å². The standard InChI is InChI=1S/C16H34N2O3S/c1-13(15(2,3)4)17-9-10-21-12-14(17)11-18(16(5,6)7)22(8,19)20/h13-14H,9-12H2,1-8H3. The summed E-state index contributed by atoms with van der Waals surface area (Å²) in [6.07, 6.45) is 1.29. The van der Waals surface area contributed by atoms with E-state index >= 15 is 0 Å². The second kappa shape index (κ2) is 6.75. The molecule has 1 rings (SSSR count). The van der Waals surface area contributed by atoms with Crippen molar-refractivity contribution in [2.45, 2.75) is 66.1 Å². The van der Waals surface area contributed by atoms with Crippen molar-refractivity contribution >= 4 is 10.0 Å². The maximum absolute atomic E-state index is 12.2. The Morgan fingerprint density at radius 2 is 1.77 bits per heavy atom. The van der Waals surface area contributed by atoms with Gasteiger partial charge in [-0.3, -0.25) is 4.90 Å². The van der Waals surface area contributed by atoms with Crippen LogP contribution in [0.2, 0.25) is 0 Å². The lowest BCUT2D eigenvalue weighted by molar-refractivity contribution is -0.0553. The van der Waals surface area contributed by atoms with Gasteiger partial charge in [-0.25, -0.2) is 8.42 Å². The van der Waals surface area contributed by atoms with Gasteiger partial charge in [-0.1, -0.05) is 20.8 Å². The van der Waals surface area contributed by atoms with E-state index in [0.717, 1.165) is 6.54 Å². The van der Waals surface area contributed by atoms with Gasteiger partial charge in [0.2, 0.25) is 10.0 Å². The van der Waals surface area contributed by atoms with Gasteiger partial charge in [0, 0.05) is 30.7 Å². The van der Waals surface area contributed by atoms with Gasteiger partial charge in [-0.15, -0.1) is 0 Å². The molecule has 6 heteroatoms. The molecule has 2 atom stereocenters. The van der Waals surface area contributed by atoms with Crippen LogP contribution in [0.15, 0.2) is 0 Å². The molecule has 0 aliphatic carbocycles. The van der Waals surface area contributed by atoms with Gasteiger partial charge in [0.05, 0.1) is 19.5 Å². The molecule has 5 nitrogen and oxygen atoms in total. The van der Waals surface area contributed by atoms with Crippen LogP contribution in [0, 0.1) is 5.41 Å². The minimum absolute atomic E-state index is 0.0944. The Bertz CT molecular complexity index is 463. The quantitative estimate of drug-likeness (QED) is 0.791. The van der Waals surface area contributed by atoms with Gasteiger partial charge < -0.3 is 4.74 Å². The third kappa shape index (κ3) is 5.18. The molecule has 0 radical (unpaired) electrons. The molecule has 0 spiro atoms. The van der Waals surface area contributed by atoms with Crippen molar-refractivity contribution in [2.75, 3.05) is 32.6 Å². The fourth-order valence-corrected chi connectivity index (χ4v) is 4.37. The number of rotatable bonds is 4. The van der Waals surface area contributed by atoms with Crippen molar-refractivity contribution in [1.82, 2.24) is 9.21 Å². The summed E-state index contributed by atoms with van der Waals surface area (Å²) < 4.78 is 31.6. The molecule has 22 heavy (non-hydrogen) atoms. The highest BCUT2D eigenvalue weighted by Gasteiger charge is 2.38. The third-order valence-corrected chi connectivity index (χ3v) is 6.05. The van der Waals surface area contributed by atoms with E-state index in [-0.39, 0.29) is 11.5 Å². The second-order valence-electron chi connectivity index (χ2n) is 8.47. The van der Waals surface area contributed by atoms with Crippen molar-refractivity contribution in [3.05, 3.63) is 0 Å². The number of hydrogen-bond donors (Lipinski definition) is 0. The van der Waals surface area contributed by atoms with Gasteiger partial charge >= 0.3 is 0 Å². The van der Waals surface area contributed by atoms with E-state index in [1.54, 1.807) is 4.31 Å². The van der Waals surface area contributed by atoms with Crippen LogP contribution >= 0.6 is 0 Å². The number of ether oxygens (including phenoxy) is 1. The number of morpholine rings is 1. The molecular formula is C16H34N2O3S. The minimum Gasteiger partial charge on any atom is -0.378 e. The first kappa shape index (κ1) is 19.9. The van der Waals surface area contributed by atoms with Gasteiger partial charge in [0.25, 0.3) is 0 Å². The van der Waals surface area contributed by atoms with E-state index < -0.39 is 15.6 Å². The first-order valence-corrected chi connectivity index (χ1v) is 9.90. The van der Waals surface area contributed by atoms with Crippen molar-refractivity contribution in [3.8, 4) is 0 Å². The molecule has 1 heterocycles. The molecule has 0 bridgehead atoms. The zero-order chi connectivity index (χ0) is 17.3. The van der Waals surface area contributed by atoms with Crippen LogP contribution in [-0.4, -0.2) is 67.8 Å². The van der Waals surface area contributed by atoms with Gasteiger partial charge in [0.15, 0.2) is 0 Å². The van der Waals surface area contributed by atoms with Crippen molar-refractivity contribution in [3.63, 3.8) is 0 Å². The lowest BCUT2D eigenvalue weighted by Crippen LogP contribution is -2.59. The fraction of sp³-hybridized carbons (Fsp3) is 1.00. The Morgan fingerprint density at radius 3 is 2.18 bits per heavy atom. The van der Waals surface area contributed by atoms with Gasteiger partial charge in [0.1, 0.15) is 0 Å². The molecule has 0 amide bonds.